The van der Waals surface area contributed by atoms with Crippen molar-refractivity contribution < 1.29 is 9.59 Å². The molecule has 0 bridgehead atoms. The van der Waals surface area contributed by atoms with Crippen LogP contribution >= 0.6 is 11.3 Å². The number of pyridine rings is 1. The van der Waals surface area contributed by atoms with E-state index in [1.54, 1.807) is 22.4 Å². The molecule has 0 aliphatic carbocycles. The van der Waals surface area contributed by atoms with Crippen molar-refractivity contribution in [3.8, 4) is 0 Å². The maximum Gasteiger partial charge on any atom is 0.228 e. The molecule has 6 heteroatoms. The van der Waals surface area contributed by atoms with Gasteiger partial charge in [0.15, 0.2) is 0 Å². The molecule has 0 spiro atoms. The number of carbonyl (C=O) groups excluding carboxylic acids is 2. The maximum absolute atomic E-state index is 12.0. The summed E-state index contributed by atoms with van der Waals surface area (Å²) in [5, 5.41) is 5.00. The number of rotatable bonds is 6. The first kappa shape index (κ1) is 16.6. The first-order chi connectivity index (χ1) is 11.6. The number of thiophene rings is 1. The lowest BCUT2D eigenvalue weighted by Crippen LogP contribution is -2.26. The highest BCUT2D eigenvalue weighted by molar-refractivity contribution is 7.10. The van der Waals surface area contributed by atoms with Crippen LogP contribution in [0.5, 0.6) is 0 Å². The normalized spacial score (nSPS) is 14.2. The lowest BCUT2D eigenvalue weighted by atomic mass is 10.2. The number of hydrogen-bond acceptors (Lipinski definition) is 4. The summed E-state index contributed by atoms with van der Waals surface area (Å²) < 4.78 is 0. The summed E-state index contributed by atoms with van der Waals surface area (Å²) in [4.78, 5) is 31.1. The summed E-state index contributed by atoms with van der Waals surface area (Å²) in [5.74, 6) is 0.840. The molecule has 1 N–H and O–H groups in total. The molecule has 24 heavy (non-hydrogen) atoms. The van der Waals surface area contributed by atoms with E-state index < -0.39 is 0 Å². The third kappa shape index (κ3) is 4.00. The number of carbonyl (C=O) groups is 2. The number of aryl methyl sites for hydroxylation is 2. The number of anilines is 1. The Hall–Kier alpha value is -2.21. The zero-order valence-corrected chi connectivity index (χ0v) is 14.6. The van der Waals surface area contributed by atoms with Crippen LogP contribution in [-0.2, 0) is 22.6 Å². The van der Waals surface area contributed by atoms with E-state index in [2.05, 4.69) is 28.7 Å². The second-order valence-electron chi connectivity index (χ2n) is 5.97. The Morgan fingerprint density at radius 3 is 3.00 bits per heavy atom. The zero-order chi connectivity index (χ0) is 16.9. The van der Waals surface area contributed by atoms with Crippen LogP contribution in [0.3, 0.4) is 0 Å². The van der Waals surface area contributed by atoms with Gasteiger partial charge in [0.2, 0.25) is 11.8 Å². The predicted molar refractivity (Wildman–Crippen MR) is 95.0 cm³/mol. The van der Waals surface area contributed by atoms with Crippen LogP contribution in [0, 0.1) is 6.92 Å². The van der Waals surface area contributed by atoms with E-state index in [1.807, 2.05) is 12.1 Å². The first-order valence-corrected chi connectivity index (χ1v) is 9.06. The number of nitrogens with zero attached hydrogens (tertiary/aromatic N) is 2. The van der Waals surface area contributed by atoms with Crippen LogP contribution in [0.15, 0.2) is 29.8 Å². The fourth-order valence-corrected chi connectivity index (χ4v) is 3.70. The Kier molecular flexibility index (Phi) is 5.25. The van der Waals surface area contributed by atoms with Gasteiger partial charge in [0, 0.05) is 37.0 Å². The molecule has 0 unspecified atom stereocenters. The van der Waals surface area contributed by atoms with E-state index in [9.17, 15) is 9.59 Å². The molecule has 1 fully saturated rings. The van der Waals surface area contributed by atoms with E-state index in [1.165, 1.54) is 10.4 Å². The van der Waals surface area contributed by atoms with Gasteiger partial charge in [-0.05, 0) is 54.5 Å². The van der Waals surface area contributed by atoms with Gasteiger partial charge in [-0.15, -0.1) is 11.3 Å². The quantitative estimate of drug-likeness (QED) is 0.877. The van der Waals surface area contributed by atoms with Crippen molar-refractivity contribution in [1.29, 1.82) is 0 Å². The second kappa shape index (κ2) is 7.57. The van der Waals surface area contributed by atoms with Crippen molar-refractivity contribution in [2.24, 2.45) is 0 Å². The van der Waals surface area contributed by atoms with Crippen LogP contribution in [0.2, 0.25) is 0 Å². The Bertz CT molecular complexity index is 741. The van der Waals surface area contributed by atoms with Gasteiger partial charge in [0.05, 0.1) is 0 Å². The molecule has 1 saturated heterocycles. The van der Waals surface area contributed by atoms with Gasteiger partial charge < -0.3 is 5.32 Å². The lowest BCUT2D eigenvalue weighted by Gasteiger charge is -2.15. The van der Waals surface area contributed by atoms with E-state index in [0.29, 0.717) is 25.2 Å². The average Bonchev–Trinajstić information content (AvgIpc) is 3.19. The molecule has 0 radical (unpaired) electrons. The van der Waals surface area contributed by atoms with Gasteiger partial charge in [-0.3, -0.25) is 14.5 Å². The summed E-state index contributed by atoms with van der Waals surface area (Å²) in [6, 6.07) is 5.83. The molecule has 1 aliphatic rings. The molecule has 2 aromatic rings. The van der Waals surface area contributed by atoms with Gasteiger partial charge >= 0.3 is 0 Å². The molecule has 0 atom stereocenters. The molecule has 126 valence electrons. The Labute approximate surface area is 145 Å². The van der Waals surface area contributed by atoms with Gasteiger partial charge in [0.25, 0.3) is 0 Å². The summed E-state index contributed by atoms with van der Waals surface area (Å²) >= 11 is 1.70. The molecule has 2 amide bonds. The topological polar surface area (TPSA) is 62.3 Å². The van der Waals surface area contributed by atoms with Gasteiger partial charge in [0.1, 0.15) is 5.82 Å². The fraction of sp³-hybridized carbons (Fsp3) is 0.389. The second-order valence-corrected chi connectivity index (χ2v) is 6.98. The van der Waals surface area contributed by atoms with Crippen molar-refractivity contribution in [2.45, 2.75) is 39.2 Å². The van der Waals surface area contributed by atoms with Crippen molar-refractivity contribution in [1.82, 2.24) is 10.3 Å². The summed E-state index contributed by atoms with van der Waals surface area (Å²) in [7, 11) is 0. The molecule has 5 nitrogen and oxygen atoms in total. The highest BCUT2D eigenvalue weighted by Gasteiger charge is 2.22. The molecule has 1 aliphatic heterocycles. The van der Waals surface area contributed by atoms with Crippen molar-refractivity contribution in [3.63, 3.8) is 0 Å². The number of aromatic nitrogens is 1. The van der Waals surface area contributed by atoms with E-state index in [4.69, 9.17) is 0 Å². The minimum absolute atomic E-state index is 0.0402. The van der Waals surface area contributed by atoms with E-state index in [0.717, 1.165) is 24.9 Å². The molecule has 2 aromatic heterocycles. The van der Waals surface area contributed by atoms with Gasteiger partial charge in [-0.2, -0.15) is 0 Å². The smallest absolute Gasteiger partial charge is 0.228 e. The summed E-state index contributed by atoms with van der Waals surface area (Å²) in [5.41, 5.74) is 2.21. The minimum atomic E-state index is 0.0402. The van der Waals surface area contributed by atoms with Crippen LogP contribution < -0.4 is 10.2 Å². The van der Waals surface area contributed by atoms with Crippen LogP contribution in [0.4, 0.5) is 5.82 Å². The summed E-state index contributed by atoms with van der Waals surface area (Å²) in [6.07, 6.45) is 4.43. The van der Waals surface area contributed by atoms with Crippen LogP contribution in [-0.4, -0.2) is 23.3 Å². The fourth-order valence-electron chi connectivity index (χ4n) is 2.78. The van der Waals surface area contributed by atoms with Gasteiger partial charge in [-0.1, -0.05) is 0 Å². The number of hydrogen-bond donors (Lipinski definition) is 1. The van der Waals surface area contributed by atoms with Crippen LogP contribution in [0.25, 0.3) is 0 Å². The molecule has 0 aromatic carbocycles. The van der Waals surface area contributed by atoms with Crippen molar-refractivity contribution in [3.05, 3.63) is 45.8 Å². The third-order valence-corrected chi connectivity index (χ3v) is 5.28. The molecule has 3 heterocycles. The third-order valence-electron chi connectivity index (χ3n) is 4.20. The molecule has 0 saturated carbocycles. The highest BCUT2D eigenvalue weighted by Crippen LogP contribution is 2.20. The van der Waals surface area contributed by atoms with Crippen molar-refractivity contribution >= 4 is 29.0 Å². The molecular formula is C18H21N3O2S. The summed E-state index contributed by atoms with van der Waals surface area (Å²) in [6.45, 7) is 3.25. The zero-order valence-electron chi connectivity index (χ0n) is 13.7. The average molecular weight is 343 g/mol. The molecular weight excluding hydrogens is 322 g/mol. The predicted octanol–water partition coefficient (Wildman–Crippen LogP) is 2.83. The van der Waals surface area contributed by atoms with Gasteiger partial charge in [-0.25, -0.2) is 4.98 Å². The Morgan fingerprint density at radius 2 is 2.29 bits per heavy atom. The lowest BCUT2D eigenvalue weighted by molar-refractivity contribution is -0.121. The Morgan fingerprint density at radius 1 is 1.42 bits per heavy atom. The largest absolute Gasteiger partial charge is 0.352 e. The Balaban J connectivity index is 1.52. The minimum Gasteiger partial charge on any atom is -0.352 e. The first-order valence-electron chi connectivity index (χ1n) is 8.18. The van der Waals surface area contributed by atoms with Crippen LogP contribution in [0.1, 0.15) is 35.3 Å². The standard InChI is InChI=1S/C18H21N3O2S/c1-13-7-10-24-15(13)4-5-17(22)20-12-14-6-8-19-16(11-14)21-9-2-3-18(21)23/h6-8,10-11H,2-5,9,12H2,1H3,(H,20,22). The number of amides is 2. The number of nitrogens with one attached hydrogen (secondary N) is 1. The monoisotopic (exact) mass is 343 g/mol. The van der Waals surface area contributed by atoms with E-state index >= 15 is 0 Å². The van der Waals surface area contributed by atoms with Crippen molar-refractivity contribution in [2.75, 3.05) is 11.4 Å². The molecule has 3 rings (SSSR count). The highest BCUT2D eigenvalue weighted by atomic mass is 32.1. The van der Waals surface area contributed by atoms with E-state index in [-0.39, 0.29) is 11.8 Å². The maximum atomic E-state index is 12.0. The SMILES string of the molecule is Cc1ccsc1CCC(=O)NCc1ccnc(N2CCCC2=O)c1.